The van der Waals surface area contributed by atoms with E-state index in [0.29, 0.717) is 0 Å². The first kappa shape index (κ1) is 38.6. The molecule has 0 aliphatic carbocycles. The highest BCUT2D eigenvalue weighted by Gasteiger charge is 2.20. The van der Waals surface area contributed by atoms with E-state index in [1.165, 1.54) is 9.80 Å². The van der Waals surface area contributed by atoms with Gasteiger partial charge in [0.05, 0.1) is 67.8 Å². The average Bonchev–Trinajstić information content (AvgIpc) is 2.99. The number of nitrogens with zero attached hydrogens (tertiary/aromatic N) is 2. The molecule has 0 aliphatic heterocycles. The molecule has 0 saturated heterocycles. The molecule has 0 unspecified atom stereocenters. The topological polar surface area (TPSA) is 226 Å². The van der Waals surface area contributed by atoms with Crippen molar-refractivity contribution in [1.82, 2.24) is 9.80 Å². The van der Waals surface area contributed by atoms with Crippen LogP contribution in [0.1, 0.15) is 0 Å². The monoisotopic (exact) mass is 624 g/mol. The summed E-state index contributed by atoms with van der Waals surface area (Å²) in [6.07, 6.45) is 0. The van der Waals surface area contributed by atoms with E-state index in [1.807, 2.05) is 0 Å². The summed E-state index contributed by atoms with van der Waals surface area (Å²) in [5.41, 5.74) is 0. The molecular weight excluding hydrogens is 588 g/mol. The maximum absolute atomic E-state index is 12.1. The molecule has 0 amide bonds. The van der Waals surface area contributed by atoms with Gasteiger partial charge in [0.15, 0.2) is 26.4 Å². The zero-order chi connectivity index (χ0) is 32.6. The van der Waals surface area contributed by atoms with E-state index >= 15 is 0 Å². The number of ether oxygens (including phenoxy) is 9. The molecule has 43 heavy (non-hydrogen) atoms. The lowest BCUT2D eigenvalue weighted by Gasteiger charge is -2.22. The third kappa shape index (κ3) is 21.1. The predicted octanol–water partition coefficient (Wildman–Crippen LogP) is -3.53. The minimum Gasteiger partial charge on any atom is -0.466 e. The molecule has 0 atom stereocenters. The molecule has 0 aromatic heterocycles. The van der Waals surface area contributed by atoms with Gasteiger partial charge in [0.1, 0.15) is 0 Å². The van der Waals surface area contributed by atoms with Crippen LogP contribution < -0.4 is 0 Å². The second-order valence-corrected chi connectivity index (χ2v) is 7.98. The first-order valence-electron chi connectivity index (χ1n) is 12.4. The summed E-state index contributed by atoms with van der Waals surface area (Å²) >= 11 is 0. The lowest BCUT2D eigenvalue weighted by atomic mass is 10.4. The fraction of sp³-hybridized carbons (Fsp3) is 0.667. The van der Waals surface area contributed by atoms with Gasteiger partial charge in [-0.15, -0.1) is 0 Å². The van der Waals surface area contributed by atoms with Crippen molar-refractivity contribution < 1.29 is 81.0 Å². The van der Waals surface area contributed by atoms with E-state index in [-0.39, 0.29) is 26.3 Å². The fourth-order valence-corrected chi connectivity index (χ4v) is 2.62. The Morgan fingerprint density at radius 3 is 0.837 bits per heavy atom. The van der Waals surface area contributed by atoms with Crippen LogP contribution >= 0.6 is 0 Å². The van der Waals surface area contributed by atoms with Gasteiger partial charge in [0, 0.05) is 13.1 Å². The molecule has 244 valence electrons. The Bertz CT molecular complexity index is 812. The highest BCUT2D eigenvalue weighted by molar-refractivity contribution is 5.80. The largest absolute Gasteiger partial charge is 0.466 e. The SMILES string of the molecule is COC(=O)COC(=O)CN(CCOCCN(CC(=O)OCC(=O)OC)CC(=O)OCC(=O)OC)CC(=O)OCC(=O)OC. The first-order valence-corrected chi connectivity index (χ1v) is 12.4. The lowest BCUT2D eigenvalue weighted by molar-refractivity contribution is -0.160. The zero-order valence-corrected chi connectivity index (χ0v) is 24.3. The maximum atomic E-state index is 12.1. The Hall–Kier alpha value is -4.36. The van der Waals surface area contributed by atoms with Crippen LogP contribution in [0, 0.1) is 0 Å². The van der Waals surface area contributed by atoms with E-state index < -0.39 is 100 Å². The molecule has 0 heterocycles. The number of esters is 8. The molecule has 0 aromatic rings. The Kier molecular flexibility index (Phi) is 20.9. The molecule has 19 nitrogen and oxygen atoms in total. The van der Waals surface area contributed by atoms with E-state index in [9.17, 15) is 38.4 Å². The molecule has 0 radical (unpaired) electrons. The van der Waals surface area contributed by atoms with Crippen molar-refractivity contribution in [2.75, 3.05) is 107 Å². The van der Waals surface area contributed by atoms with Gasteiger partial charge in [-0.3, -0.25) is 29.0 Å². The summed E-state index contributed by atoms with van der Waals surface area (Å²) in [4.78, 5) is 95.7. The smallest absolute Gasteiger partial charge is 0.344 e. The number of hydrogen-bond donors (Lipinski definition) is 0. The van der Waals surface area contributed by atoms with Crippen LogP contribution in [0.15, 0.2) is 0 Å². The standard InChI is InChI=1S/C24H36N2O17/c1-35-21(31)13-40-17(27)9-25(10-18(28)41-14-22(32)36-2)5-7-39-8-6-26(11-19(29)42-15-23(33)37-3)12-20(30)43-16-24(34)38-4/h5-16H2,1-4H3. The Balaban J connectivity index is 5.05. The first-order chi connectivity index (χ1) is 20.4. The van der Waals surface area contributed by atoms with Crippen molar-refractivity contribution in [3.8, 4) is 0 Å². The van der Waals surface area contributed by atoms with Gasteiger partial charge in [-0.1, -0.05) is 0 Å². The van der Waals surface area contributed by atoms with Crippen molar-refractivity contribution in [1.29, 1.82) is 0 Å². The molecule has 0 spiro atoms. The van der Waals surface area contributed by atoms with Gasteiger partial charge in [-0.2, -0.15) is 0 Å². The zero-order valence-electron chi connectivity index (χ0n) is 24.3. The third-order valence-corrected chi connectivity index (χ3v) is 4.83. The van der Waals surface area contributed by atoms with Crippen LogP contribution in [-0.4, -0.2) is 165 Å². The van der Waals surface area contributed by atoms with E-state index in [1.54, 1.807) is 0 Å². The number of hydrogen-bond acceptors (Lipinski definition) is 19. The normalized spacial score (nSPS) is 10.4. The van der Waals surface area contributed by atoms with Crippen LogP contribution in [0.4, 0.5) is 0 Å². The van der Waals surface area contributed by atoms with Crippen molar-refractivity contribution in [2.45, 2.75) is 0 Å². The van der Waals surface area contributed by atoms with Crippen LogP contribution in [0.2, 0.25) is 0 Å². The summed E-state index contributed by atoms with van der Waals surface area (Å²) in [7, 11) is 4.42. The summed E-state index contributed by atoms with van der Waals surface area (Å²) < 4.78 is 42.1. The molecule has 19 heteroatoms. The number of rotatable bonds is 22. The second kappa shape index (κ2) is 23.2. The quantitative estimate of drug-likeness (QED) is 0.0646. The molecule has 0 bridgehead atoms. The molecule has 0 N–H and O–H groups in total. The van der Waals surface area contributed by atoms with E-state index in [0.717, 1.165) is 28.4 Å². The van der Waals surface area contributed by atoms with Crippen molar-refractivity contribution >= 4 is 47.8 Å². The summed E-state index contributed by atoms with van der Waals surface area (Å²) in [5.74, 6) is -6.66. The number of carbonyl (C=O) groups is 8. The van der Waals surface area contributed by atoms with Crippen LogP contribution in [0.3, 0.4) is 0 Å². The molecule has 0 aromatic carbocycles. The van der Waals surface area contributed by atoms with Crippen molar-refractivity contribution in [2.24, 2.45) is 0 Å². The molecular formula is C24H36N2O17. The highest BCUT2D eigenvalue weighted by Crippen LogP contribution is 1.98. The van der Waals surface area contributed by atoms with Crippen molar-refractivity contribution in [3.05, 3.63) is 0 Å². The molecule has 0 saturated carbocycles. The molecule has 0 fully saturated rings. The van der Waals surface area contributed by atoms with E-state index in [2.05, 4.69) is 18.9 Å². The van der Waals surface area contributed by atoms with Crippen LogP contribution in [0.5, 0.6) is 0 Å². The minimum absolute atomic E-state index is 0.0387. The van der Waals surface area contributed by atoms with Crippen LogP contribution in [0.25, 0.3) is 0 Å². The second-order valence-electron chi connectivity index (χ2n) is 7.98. The summed E-state index contributed by atoms with van der Waals surface area (Å²) in [6.45, 7) is -4.67. The van der Waals surface area contributed by atoms with Crippen molar-refractivity contribution in [3.63, 3.8) is 0 Å². The van der Waals surface area contributed by atoms with Gasteiger partial charge >= 0.3 is 47.8 Å². The van der Waals surface area contributed by atoms with Gasteiger partial charge in [0.2, 0.25) is 0 Å². The van der Waals surface area contributed by atoms with Gasteiger partial charge < -0.3 is 42.6 Å². The predicted molar refractivity (Wildman–Crippen MR) is 136 cm³/mol. The summed E-state index contributed by atoms with van der Waals surface area (Å²) in [5, 5.41) is 0. The van der Waals surface area contributed by atoms with Gasteiger partial charge in [-0.05, 0) is 0 Å². The average molecular weight is 625 g/mol. The number of carbonyl (C=O) groups excluding carboxylic acids is 8. The fourth-order valence-electron chi connectivity index (χ4n) is 2.62. The third-order valence-electron chi connectivity index (χ3n) is 4.83. The van der Waals surface area contributed by atoms with Gasteiger partial charge in [-0.25, -0.2) is 19.2 Å². The minimum atomic E-state index is -0.867. The Morgan fingerprint density at radius 2 is 0.628 bits per heavy atom. The lowest BCUT2D eigenvalue weighted by Crippen LogP contribution is -2.40. The molecule has 0 rings (SSSR count). The maximum Gasteiger partial charge on any atom is 0.344 e. The summed E-state index contributed by atoms with van der Waals surface area (Å²) in [6, 6.07) is 0. The Labute approximate surface area is 246 Å². The molecule has 0 aliphatic rings. The van der Waals surface area contributed by atoms with Gasteiger partial charge in [0.25, 0.3) is 0 Å². The Morgan fingerprint density at radius 1 is 0.395 bits per heavy atom. The highest BCUT2D eigenvalue weighted by atomic mass is 16.6. The van der Waals surface area contributed by atoms with Crippen LogP contribution in [-0.2, 0) is 81.0 Å². The number of methoxy groups -OCH3 is 4. The van der Waals surface area contributed by atoms with E-state index in [4.69, 9.17) is 23.7 Å².